The highest BCUT2D eigenvalue weighted by molar-refractivity contribution is 7.07. The number of fused-ring (bicyclic) bond motifs is 1. The number of para-hydroxylation sites is 2. The largest absolute Gasteiger partial charge is 0.337 e. The van der Waals surface area contributed by atoms with E-state index >= 15 is 0 Å². The van der Waals surface area contributed by atoms with E-state index in [4.69, 9.17) is 0 Å². The standard InChI is InChI=1S/C11H19NOS.C10H7N3S/c1-2-3-4-5-6-7-9-12-11(13)8-10-14-12;1-2-4-8-7(3-1)12-10(13-8)9-5-14-6-11-9/h8,10H,2-7,9H2,1H3;1-6H,(H,12,13). The lowest BCUT2D eigenvalue weighted by molar-refractivity contribution is 0.569. The molecule has 5 nitrogen and oxygen atoms in total. The van der Waals surface area contributed by atoms with Crippen LogP contribution in [0.15, 0.2) is 51.4 Å². The normalized spacial score (nSPS) is 10.8. The minimum absolute atomic E-state index is 0.156. The van der Waals surface area contributed by atoms with Gasteiger partial charge in [-0.05, 0) is 18.6 Å². The Morgan fingerprint density at radius 1 is 1.07 bits per heavy atom. The van der Waals surface area contributed by atoms with Gasteiger partial charge in [0.05, 0.1) is 16.5 Å². The highest BCUT2D eigenvalue weighted by Gasteiger charge is 2.05. The smallest absolute Gasteiger partial charge is 0.260 e. The Bertz CT molecular complexity index is 968. The summed E-state index contributed by atoms with van der Waals surface area (Å²) in [6.07, 6.45) is 7.70. The van der Waals surface area contributed by atoms with Crippen molar-refractivity contribution in [1.29, 1.82) is 0 Å². The molecule has 0 atom stereocenters. The van der Waals surface area contributed by atoms with Gasteiger partial charge in [-0.15, -0.1) is 11.3 Å². The molecule has 3 heterocycles. The van der Waals surface area contributed by atoms with Crippen LogP contribution in [0, 0.1) is 0 Å². The van der Waals surface area contributed by atoms with Gasteiger partial charge in [0.25, 0.3) is 5.56 Å². The molecular formula is C21H26N4OS2. The van der Waals surface area contributed by atoms with Gasteiger partial charge in [0.2, 0.25) is 0 Å². The molecule has 4 rings (SSSR count). The van der Waals surface area contributed by atoms with Crippen molar-refractivity contribution in [2.75, 3.05) is 0 Å². The summed E-state index contributed by atoms with van der Waals surface area (Å²) in [6.45, 7) is 3.13. The Balaban J connectivity index is 0.000000161. The number of aromatic nitrogens is 4. The van der Waals surface area contributed by atoms with Crippen molar-refractivity contribution in [1.82, 2.24) is 18.9 Å². The van der Waals surface area contributed by atoms with Crippen LogP contribution in [-0.4, -0.2) is 18.9 Å². The van der Waals surface area contributed by atoms with E-state index < -0.39 is 0 Å². The molecule has 0 aliphatic rings. The van der Waals surface area contributed by atoms with Gasteiger partial charge in [-0.1, -0.05) is 62.7 Å². The molecule has 0 spiro atoms. The zero-order valence-corrected chi connectivity index (χ0v) is 17.8. The molecule has 1 N–H and O–H groups in total. The first-order valence-corrected chi connectivity index (χ1v) is 11.5. The third kappa shape index (κ3) is 5.87. The van der Waals surface area contributed by atoms with Gasteiger partial charge in [-0.25, -0.2) is 9.97 Å². The van der Waals surface area contributed by atoms with Gasteiger partial charge < -0.3 is 4.98 Å². The maximum Gasteiger partial charge on any atom is 0.260 e. The zero-order chi connectivity index (χ0) is 19.6. The van der Waals surface area contributed by atoms with Crippen molar-refractivity contribution in [3.63, 3.8) is 0 Å². The van der Waals surface area contributed by atoms with E-state index in [0.717, 1.165) is 35.5 Å². The molecule has 0 saturated carbocycles. The molecule has 28 heavy (non-hydrogen) atoms. The van der Waals surface area contributed by atoms with Gasteiger partial charge in [-0.2, -0.15) is 0 Å². The number of hydrogen-bond donors (Lipinski definition) is 1. The average molecular weight is 415 g/mol. The predicted octanol–water partition coefficient (Wildman–Crippen LogP) is 5.96. The fourth-order valence-corrected chi connectivity index (χ4v) is 4.16. The Morgan fingerprint density at radius 3 is 2.61 bits per heavy atom. The molecule has 0 fully saturated rings. The van der Waals surface area contributed by atoms with E-state index in [0.29, 0.717) is 0 Å². The SMILES string of the molecule is CCCCCCCCn1sccc1=O.c1ccc2[nH]c(-c3cscn3)nc2c1. The Kier molecular flexibility index (Phi) is 7.99. The van der Waals surface area contributed by atoms with E-state index in [-0.39, 0.29) is 5.56 Å². The highest BCUT2D eigenvalue weighted by atomic mass is 32.1. The molecule has 0 unspecified atom stereocenters. The summed E-state index contributed by atoms with van der Waals surface area (Å²) in [5, 5.41) is 3.84. The number of imidazole rings is 1. The van der Waals surface area contributed by atoms with Crippen LogP contribution in [0.1, 0.15) is 45.4 Å². The topological polar surface area (TPSA) is 63.6 Å². The number of nitrogens with zero attached hydrogens (tertiary/aromatic N) is 3. The highest BCUT2D eigenvalue weighted by Crippen LogP contribution is 2.19. The number of thiazole rings is 1. The molecule has 0 radical (unpaired) electrons. The summed E-state index contributed by atoms with van der Waals surface area (Å²) >= 11 is 3.10. The number of unbranched alkanes of at least 4 members (excludes halogenated alkanes) is 5. The van der Waals surface area contributed by atoms with E-state index in [2.05, 4.69) is 21.9 Å². The van der Waals surface area contributed by atoms with Gasteiger partial charge >= 0.3 is 0 Å². The van der Waals surface area contributed by atoms with Crippen molar-refractivity contribution in [2.45, 2.75) is 52.0 Å². The van der Waals surface area contributed by atoms with Crippen LogP contribution in [0.25, 0.3) is 22.6 Å². The lowest BCUT2D eigenvalue weighted by atomic mass is 10.1. The molecule has 0 amide bonds. The maximum atomic E-state index is 11.2. The van der Waals surface area contributed by atoms with Crippen molar-refractivity contribution < 1.29 is 0 Å². The van der Waals surface area contributed by atoms with E-state index in [9.17, 15) is 4.79 Å². The van der Waals surface area contributed by atoms with E-state index in [1.165, 1.54) is 43.6 Å². The van der Waals surface area contributed by atoms with Crippen molar-refractivity contribution >= 4 is 33.9 Å². The molecule has 7 heteroatoms. The monoisotopic (exact) mass is 414 g/mol. The third-order valence-corrected chi connectivity index (χ3v) is 5.88. The average Bonchev–Trinajstić information content (AvgIpc) is 3.45. The van der Waals surface area contributed by atoms with Gasteiger partial charge in [0, 0.05) is 23.4 Å². The lowest BCUT2D eigenvalue weighted by Crippen LogP contribution is -2.11. The van der Waals surface area contributed by atoms with Crippen LogP contribution in [0.4, 0.5) is 0 Å². The number of benzene rings is 1. The second-order valence-corrected chi connectivity index (χ2v) is 8.23. The molecular weight excluding hydrogens is 388 g/mol. The van der Waals surface area contributed by atoms with Crippen LogP contribution < -0.4 is 5.56 Å². The zero-order valence-electron chi connectivity index (χ0n) is 16.1. The summed E-state index contributed by atoms with van der Waals surface area (Å²) in [5.41, 5.74) is 4.91. The number of rotatable bonds is 8. The van der Waals surface area contributed by atoms with Crippen LogP contribution in [0.5, 0.6) is 0 Å². The second-order valence-electron chi connectivity index (χ2n) is 6.59. The molecule has 1 aromatic carbocycles. The Morgan fingerprint density at radius 2 is 1.89 bits per heavy atom. The first kappa shape index (κ1) is 20.5. The summed E-state index contributed by atoms with van der Waals surface area (Å²) in [7, 11) is 0. The number of hydrogen-bond acceptors (Lipinski definition) is 5. The Labute approximate surface area is 173 Å². The molecule has 0 aliphatic carbocycles. The van der Waals surface area contributed by atoms with Gasteiger partial charge in [0.15, 0.2) is 5.82 Å². The molecule has 3 aromatic heterocycles. The summed E-state index contributed by atoms with van der Waals surface area (Å²) < 4.78 is 1.83. The van der Waals surface area contributed by atoms with Crippen LogP contribution in [0.3, 0.4) is 0 Å². The second kappa shape index (κ2) is 10.9. The predicted molar refractivity (Wildman–Crippen MR) is 119 cm³/mol. The van der Waals surface area contributed by atoms with Crippen LogP contribution in [-0.2, 0) is 6.54 Å². The summed E-state index contributed by atoms with van der Waals surface area (Å²) in [4.78, 5) is 23.0. The first-order chi connectivity index (χ1) is 13.8. The number of H-pyrrole nitrogens is 1. The summed E-state index contributed by atoms with van der Waals surface area (Å²) in [6, 6.07) is 9.61. The summed E-state index contributed by atoms with van der Waals surface area (Å²) in [5.74, 6) is 0.840. The lowest BCUT2D eigenvalue weighted by Gasteiger charge is -2.00. The van der Waals surface area contributed by atoms with Crippen LogP contribution in [0.2, 0.25) is 0 Å². The fourth-order valence-electron chi connectivity index (χ4n) is 2.90. The van der Waals surface area contributed by atoms with Gasteiger partial charge in [-0.3, -0.25) is 8.75 Å². The molecule has 4 aromatic rings. The third-order valence-electron chi connectivity index (χ3n) is 4.42. The molecule has 0 saturated heterocycles. The molecule has 148 valence electrons. The maximum absolute atomic E-state index is 11.2. The van der Waals surface area contributed by atoms with Crippen molar-refractivity contribution in [2.24, 2.45) is 0 Å². The first-order valence-electron chi connectivity index (χ1n) is 9.76. The van der Waals surface area contributed by atoms with Gasteiger partial charge in [0.1, 0.15) is 5.69 Å². The number of nitrogens with one attached hydrogen (secondary N) is 1. The van der Waals surface area contributed by atoms with Crippen molar-refractivity contribution in [3.8, 4) is 11.5 Å². The minimum atomic E-state index is 0.156. The van der Waals surface area contributed by atoms with Crippen LogP contribution >= 0.6 is 22.9 Å². The molecule has 0 bridgehead atoms. The van der Waals surface area contributed by atoms with Crippen molar-refractivity contribution in [3.05, 3.63) is 57.0 Å². The minimum Gasteiger partial charge on any atom is -0.337 e. The Hall–Kier alpha value is -2.25. The number of aryl methyl sites for hydroxylation is 1. The van der Waals surface area contributed by atoms with E-state index in [1.807, 2.05) is 44.5 Å². The van der Waals surface area contributed by atoms with E-state index in [1.54, 1.807) is 17.4 Å². The number of aromatic amines is 1. The molecule has 0 aliphatic heterocycles. The quantitative estimate of drug-likeness (QED) is 0.362. The fraction of sp³-hybridized carbons (Fsp3) is 0.381.